The van der Waals surface area contributed by atoms with E-state index >= 15 is 0 Å². The third-order valence-electron chi connectivity index (χ3n) is 3.52. The van der Waals surface area contributed by atoms with E-state index in [4.69, 9.17) is 28.3 Å². The summed E-state index contributed by atoms with van der Waals surface area (Å²) >= 11 is 12.0. The third kappa shape index (κ3) is 2.39. The molecule has 0 radical (unpaired) electrons. The quantitative estimate of drug-likeness (QED) is 0.733. The summed E-state index contributed by atoms with van der Waals surface area (Å²) in [5, 5.41) is 11.1. The average molecular weight is 320 g/mol. The van der Waals surface area contributed by atoms with Crippen LogP contribution in [0.2, 0.25) is 10.0 Å². The van der Waals surface area contributed by atoms with Crippen LogP contribution >= 0.6 is 23.2 Å². The molecule has 0 aliphatic heterocycles. The summed E-state index contributed by atoms with van der Waals surface area (Å²) in [4.78, 5) is 11.2. The molecule has 1 aromatic heterocycles. The van der Waals surface area contributed by atoms with E-state index in [-0.39, 0.29) is 5.69 Å². The molecular weight excluding hydrogens is 309 g/mol. The summed E-state index contributed by atoms with van der Waals surface area (Å²) in [6.07, 6.45) is 0. The van der Waals surface area contributed by atoms with Gasteiger partial charge in [0.2, 0.25) is 0 Å². The summed E-state index contributed by atoms with van der Waals surface area (Å²) in [5.41, 5.74) is 3.01. The molecule has 0 aliphatic rings. The molecule has 2 aromatic carbocycles. The van der Waals surface area contributed by atoms with Gasteiger partial charge in [0.05, 0.1) is 10.0 Å². The summed E-state index contributed by atoms with van der Waals surface area (Å²) in [5.74, 6) is -0.940. The number of rotatable bonds is 2. The smallest absolute Gasteiger partial charge is 0.352 e. The molecule has 0 aliphatic carbocycles. The third-order valence-corrected chi connectivity index (χ3v) is 4.26. The van der Waals surface area contributed by atoms with E-state index in [2.05, 4.69) is 0 Å². The predicted molar refractivity (Wildman–Crippen MR) is 85.3 cm³/mol. The standard InChI is InChI=1S/C16H11Cl2NO2/c1-19-14-7-10(9-4-5-12(17)13(18)6-9)2-3-11(14)8-15(19)16(20)21/h2-8H,1H3,(H,20,21). The molecule has 106 valence electrons. The molecule has 0 fully saturated rings. The first-order valence-corrected chi connectivity index (χ1v) is 7.01. The summed E-state index contributed by atoms with van der Waals surface area (Å²) in [6.45, 7) is 0. The molecule has 3 rings (SSSR count). The van der Waals surface area contributed by atoms with E-state index in [1.165, 1.54) is 0 Å². The Bertz CT molecular complexity index is 868. The minimum Gasteiger partial charge on any atom is -0.477 e. The Morgan fingerprint density at radius 3 is 2.33 bits per heavy atom. The van der Waals surface area contributed by atoms with Crippen molar-refractivity contribution in [2.45, 2.75) is 0 Å². The summed E-state index contributed by atoms with van der Waals surface area (Å²) in [6, 6.07) is 12.9. The topological polar surface area (TPSA) is 42.2 Å². The fraction of sp³-hybridized carbons (Fsp3) is 0.0625. The lowest BCUT2D eigenvalue weighted by Crippen LogP contribution is -2.03. The molecular formula is C16H11Cl2NO2. The number of hydrogen-bond acceptors (Lipinski definition) is 1. The maximum atomic E-state index is 11.2. The second-order valence-corrected chi connectivity index (χ2v) is 5.61. The van der Waals surface area contributed by atoms with E-state index in [1.54, 1.807) is 29.8 Å². The van der Waals surface area contributed by atoms with Gasteiger partial charge in [-0.25, -0.2) is 4.79 Å². The van der Waals surface area contributed by atoms with Gasteiger partial charge in [0, 0.05) is 18.0 Å². The van der Waals surface area contributed by atoms with Crippen molar-refractivity contribution in [1.29, 1.82) is 0 Å². The van der Waals surface area contributed by atoms with Gasteiger partial charge in [-0.2, -0.15) is 0 Å². The van der Waals surface area contributed by atoms with Crippen molar-refractivity contribution in [3.8, 4) is 11.1 Å². The lowest BCUT2D eigenvalue weighted by molar-refractivity contribution is 0.0687. The van der Waals surface area contributed by atoms with Crippen LogP contribution in [0.4, 0.5) is 0 Å². The number of hydrogen-bond donors (Lipinski definition) is 1. The van der Waals surface area contributed by atoms with Crippen LogP contribution in [0.5, 0.6) is 0 Å². The van der Waals surface area contributed by atoms with Crippen LogP contribution in [0.25, 0.3) is 22.0 Å². The molecule has 5 heteroatoms. The normalized spacial score (nSPS) is 11.0. The van der Waals surface area contributed by atoms with Crippen molar-refractivity contribution in [2.75, 3.05) is 0 Å². The first-order valence-electron chi connectivity index (χ1n) is 6.25. The first-order chi connectivity index (χ1) is 9.97. The Balaban J connectivity index is 2.18. The van der Waals surface area contributed by atoms with Crippen LogP contribution in [0.1, 0.15) is 10.5 Å². The number of benzene rings is 2. The second-order valence-electron chi connectivity index (χ2n) is 4.80. The number of carbonyl (C=O) groups is 1. The molecule has 0 saturated heterocycles. The highest BCUT2D eigenvalue weighted by molar-refractivity contribution is 6.42. The Morgan fingerprint density at radius 1 is 1.00 bits per heavy atom. The second kappa shape index (κ2) is 5.10. The molecule has 0 saturated carbocycles. The number of aryl methyl sites for hydroxylation is 1. The molecule has 1 heterocycles. The first kappa shape index (κ1) is 14.0. The van der Waals surface area contributed by atoms with Gasteiger partial charge in [-0.1, -0.05) is 41.4 Å². The maximum Gasteiger partial charge on any atom is 0.352 e. The molecule has 0 spiro atoms. The molecule has 0 unspecified atom stereocenters. The van der Waals surface area contributed by atoms with E-state index in [0.717, 1.165) is 22.0 Å². The minimum atomic E-state index is -0.940. The van der Waals surface area contributed by atoms with Gasteiger partial charge >= 0.3 is 5.97 Å². The van der Waals surface area contributed by atoms with Crippen LogP contribution in [0, 0.1) is 0 Å². The Kier molecular flexibility index (Phi) is 3.40. The van der Waals surface area contributed by atoms with Crippen molar-refractivity contribution < 1.29 is 9.90 Å². The monoisotopic (exact) mass is 319 g/mol. The zero-order valence-corrected chi connectivity index (χ0v) is 12.6. The zero-order chi connectivity index (χ0) is 15.1. The Hall–Kier alpha value is -1.97. The highest BCUT2D eigenvalue weighted by Gasteiger charge is 2.12. The number of aromatic carboxylic acids is 1. The molecule has 3 nitrogen and oxygen atoms in total. The number of halogens is 2. The minimum absolute atomic E-state index is 0.260. The van der Waals surface area contributed by atoms with Crippen molar-refractivity contribution in [1.82, 2.24) is 4.57 Å². The van der Waals surface area contributed by atoms with Crippen molar-refractivity contribution in [3.63, 3.8) is 0 Å². The van der Waals surface area contributed by atoms with Crippen LogP contribution in [0.15, 0.2) is 42.5 Å². The van der Waals surface area contributed by atoms with Gasteiger partial charge in [0.15, 0.2) is 0 Å². The summed E-state index contributed by atoms with van der Waals surface area (Å²) < 4.78 is 1.67. The Labute approximate surface area is 131 Å². The fourth-order valence-corrected chi connectivity index (χ4v) is 2.69. The highest BCUT2D eigenvalue weighted by Crippen LogP contribution is 2.31. The maximum absolute atomic E-state index is 11.2. The van der Waals surface area contributed by atoms with Crippen LogP contribution in [-0.4, -0.2) is 15.6 Å². The molecule has 21 heavy (non-hydrogen) atoms. The molecule has 0 bridgehead atoms. The number of nitrogens with zero attached hydrogens (tertiary/aromatic N) is 1. The lowest BCUT2D eigenvalue weighted by atomic mass is 10.0. The molecule has 0 amide bonds. The van der Waals surface area contributed by atoms with Crippen LogP contribution in [0.3, 0.4) is 0 Å². The SMILES string of the molecule is Cn1c(C(=O)O)cc2ccc(-c3ccc(Cl)c(Cl)c3)cc21. The molecule has 0 atom stereocenters. The van der Waals surface area contributed by atoms with Gasteiger partial charge in [-0.15, -0.1) is 0 Å². The fourth-order valence-electron chi connectivity index (χ4n) is 2.39. The van der Waals surface area contributed by atoms with E-state index < -0.39 is 5.97 Å². The largest absolute Gasteiger partial charge is 0.477 e. The number of aromatic nitrogens is 1. The molecule has 3 aromatic rings. The Morgan fingerprint density at radius 2 is 1.67 bits per heavy atom. The number of carboxylic acid groups (broad SMARTS) is 1. The van der Waals surface area contributed by atoms with E-state index in [1.807, 2.05) is 24.3 Å². The number of carboxylic acids is 1. The molecule has 1 N–H and O–H groups in total. The van der Waals surface area contributed by atoms with Crippen molar-refractivity contribution >= 4 is 40.1 Å². The van der Waals surface area contributed by atoms with Crippen LogP contribution in [-0.2, 0) is 7.05 Å². The average Bonchev–Trinajstić information content (AvgIpc) is 2.79. The van der Waals surface area contributed by atoms with Gasteiger partial charge in [-0.05, 0) is 35.4 Å². The van der Waals surface area contributed by atoms with Crippen molar-refractivity contribution in [2.24, 2.45) is 7.05 Å². The van der Waals surface area contributed by atoms with Gasteiger partial charge in [0.1, 0.15) is 5.69 Å². The lowest BCUT2D eigenvalue weighted by Gasteiger charge is -2.05. The van der Waals surface area contributed by atoms with E-state index in [0.29, 0.717) is 10.0 Å². The van der Waals surface area contributed by atoms with E-state index in [9.17, 15) is 4.79 Å². The van der Waals surface area contributed by atoms with Gasteiger partial charge in [-0.3, -0.25) is 0 Å². The summed E-state index contributed by atoms with van der Waals surface area (Å²) in [7, 11) is 1.74. The van der Waals surface area contributed by atoms with Gasteiger partial charge in [0.25, 0.3) is 0 Å². The zero-order valence-electron chi connectivity index (χ0n) is 11.1. The van der Waals surface area contributed by atoms with Crippen LogP contribution < -0.4 is 0 Å². The van der Waals surface area contributed by atoms with Gasteiger partial charge < -0.3 is 9.67 Å². The number of fused-ring (bicyclic) bond motifs is 1. The highest BCUT2D eigenvalue weighted by atomic mass is 35.5. The van der Waals surface area contributed by atoms with Crippen molar-refractivity contribution in [3.05, 3.63) is 58.2 Å². The predicted octanol–water partition coefficient (Wildman–Crippen LogP) is 4.85.